The van der Waals surface area contributed by atoms with E-state index < -0.39 is 9.84 Å². The molecule has 6 heteroatoms. The monoisotopic (exact) mass is 443 g/mol. The van der Waals surface area contributed by atoms with Crippen LogP contribution in [-0.2, 0) is 9.84 Å². The lowest BCUT2D eigenvalue weighted by Gasteiger charge is -2.19. The lowest BCUT2D eigenvalue weighted by atomic mass is 10.0. The number of hydrogen-bond acceptors (Lipinski definition) is 3. The summed E-state index contributed by atoms with van der Waals surface area (Å²) in [6.45, 7) is 4.72. The molecule has 0 saturated carbocycles. The quantitative estimate of drug-likeness (QED) is 0.582. The summed E-state index contributed by atoms with van der Waals surface area (Å²) < 4.78 is 24.2. The van der Waals surface area contributed by atoms with E-state index in [-0.39, 0.29) is 17.5 Å². The molecule has 1 unspecified atom stereocenters. The van der Waals surface area contributed by atoms with Gasteiger partial charge in [-0.1, -0.05) is 31.5 Å². The minimum atomic E-state index is -2.89. The average Bonchev–Trinajstić information content (AvgIpc) is 2.45. The number of sulfone groups is 1. The summed E-state index contributed by atoms with van der Waals surface area (Å²) in [5, 5.41) is 4.23. The highest BCUT2D eigenvalue weighted by atomic mass is 127. The lowest BCUT2D eigenvalue weighted by molar-refractivity contribution is 0.492. The first-order chi connectivity index (χ1) is 9.89. The molecule has 1 rings (SSSR count). The lowest BCUT2D eigenvalue weighted by Crippen LogP contribution is -2.23. The van der Waals surface area contributed by atoms with E-state index in [9.17, 15) is 8.42 Å². The van der Waals surface area contributed by atoms with Crippen molar-refractivity contribution < 1.29 is 8.42 Å². The molecule has 1 atom stereocenters. The maximum absolute atomic E-state index is 11.6. The van der Waals surface area contributed by atoms with Crippen LogP contribution in [0, 0.1) is 3.57 Å². The number of halogens is 2. The number of nitrogens with one attached hydrogen (secondary N) is 1. The van der Waals surface area contributed by atoms with Crippen LogP contribution in [0.1, 0.15) is 44.7 Å². The highest BCUT2D eigenvalue weighted by molar-refractivity contribution is 14.1. The third-order valence-electron chi connectivity index (χ3n) is 3.37. The van der Waals surface area contributed by atoms with Crippen LogP contribution in [0.3, 0.4) is 0 Å². The van der Waals surface area contributed by atoms with Gasteiger partial charge in [0.2, 0.25) is 0 Å². The van der Waals surface area contributed by atoms with E-state index in [0.717, 1.165) is 33.5 Å². The molecule has 1 aromatic carbocycles. The topological polar surface area (TPSA) is 46.2 Å². The van der Waals surface area contributed by atoms with Gasteiger partial charge in [0.15, 0.2) is 0 Å². The summed E-state index contributed by atoms with van der Waals surface area (Å²) in [5.74, 6) is 0.474. The first kappa shape index (κ1) is 19.2. The molecule has 0 aliphatic rings. The minimum Gasteiger partial charge on any atom is -0.310 e. The Morgan fingerprint density at radius 3 is 2.62 bits per heavy atom. The molecule has 0 saturated heterocycles. The summed E-state index contributed by atoms with van der Waals surface area (Å²) >= 11 is 8.40. The summed E-state index contributed by atoms with van der Waals surface area (Å²) in [6, 6.07) is 6.20. The van der Waals surface area contributed by atoms with Gasteiger partial charge in [-0.2, -0.15) is 0 Å². The molecule has 0 radical (unpaired) electrons. The second kappa shape index (κ2) is 9.33. The van der Waals surface area contributed by atoms with Crippen molar-refractivity contribution >= 4 is 44.0 Å². The van der Waals surface area contributed by atoms with Crippen molar-refractivity contribution in [1.29, 1.82) is 0 Å². The average molecular weight is 444 g/mol. The molecule has 0 aromatic heterocycles. The first-order valence-electron chi connectivity index (χ1n) is 7.28. The molecule has 3 nitrogen and oxygen atoms in total. The van der Waals surface area contributed by atoms with E-state index in [1.54, 1.807) is 6.92 Å². The molecule has 0 amide bonds. The fourth-order valence-electron chi connectivity index (χ4n) is 2.09. The van der Waals surface area contributed by atoms with Gasteiger partial charge in [0.25, 0.3) is 0 Å². The van der Waals surface area contributed by atoms with Gasteiger partial charge in [-0.25, -0.2) is 8.42 Å². The fraction of sp³-hybridized carbons (Fsp3) is 0.600. The highest BCUT2D eigenvalue weighted by Gasteiger charge is 2.14. The summed E-state index contributed by atoms with van der Waals surface area (Å²) in [6.07, 6.45) is 2.51. The summed E-state index contributed by atoms with van der Waals surface area (Å²) in [5.41, 5.74) is 1.13. The third kappa shape index (κ3) is 6.84. The Morgan fingerprint density at radius 2 is 2.05 bits per heavy atom. The standard InChI is InChI=1S/C15H23ClINO2S/c1-3-9-18-15(6-5-10-21(19,20)4-2)12-7-8-14(17)13(16)11-12/h7-8,11,15,18H,3-6,9-10H2,1-2H3. The zero-order valence-corrected chi connectivity index (χ0v) is 16.3. The van der Waals surface area contributed by atoms with Crippen LogP contribution < -0.4 is 5.32 Å². The molecule has 1 N–H and O–H groups in total. The van der Waals surface area contributed by atoms with E-state index in [4.69, 9.17) is 11.6 Å². The van der Waals surface area contributed by atoms with E-state index >= 15 is 0 Å². The Morgan fingerprint density at radius 1 is 1.33 bits per heavy atom. The Balaban J connectivity index is 2.73. The normalized spacial score (nSPS) is 13.3. The van der Waals surface area contributed by atoms with E-state index in [0.29, 0.717) is 6.42 Å². The van der Waals surface area contributed by atoms with Crippen LogP contribution in [0.2, 0.25) is 5.02 Å². The van der Waals surface area contributed by atoms with E-state index in [1.807, 2.05) is 12.1 Å². The van der Waals surface area contributed by atoms with Gasteiger partial charge in [0.1, 0.15) is 9.84 Å². The van der Waals surface area contributed by atoms with Crippen molar-refractivity contribution in [2.24, 2.45) is 0 Å². The van der Waals surface area contributed by atoms with Crippen LogP contribution in [0.15, 0.2) is 18.2 Å². The number of hydrogen-bond donors (Lipinski definition) is 1. The predicted octanol–water partition coefficient (Wildman–Crippen LogP) is 4.20. The highest BCUT2D eigenvalue weighted by Crippen LogP contribution is 2.26. The molecule has 120 valence electrons. The van der Waals surface area contributed by atoms with Crippen molar-refractivity contribution in [2.45, 2.75) is 39.2 Å². The Bertz CT molecular complexity index is 549. The minimum absolute atomic E-state index is 0.159. The maximum Gasteiger partial charge on any atom is 0.150 e. The largest absolute Gasteiger partial charge is 0.310 e. The Kier molecular flexibility index (Phi) is 8.52. The molecule has 0 aliphatic carbocycles. The van der Waals surface area contributed by atoms with Gasteiger partial charge in [-0.3, -0.25) is 0 Å². The van der Waals surface area contributed by atoms with Crippen LogP contribution in [-0.4, -0.2) is 26.5 Å². The molecule has 0 aliphatic heterocycles. The van der Waals surface area contributed by atoms with Crippen molar-refractivity contribution in [2.75, 3.05) is 18.1 Å². The van der Waals surface area contributed by atoms with Crippen molar-refractivity contribution in [3.63, 3.8) is 0 Å². The third-order valence-corrected chi connectivity index (χ3v) is 6.74. The maximum atomic E-state index is 11.6. The van der Waals surface area contributed by atoms with Gasteiger partial charge < -0.3 is 5.32 Å². The van der Waals surface area contributed by atoms with Gasteiger partial charge in [0, 0.05) is 15.4 Å². The van der Waals surface area contributed by atoms with Gasteiger partial charge in [-0.15, -0.1) is 0 Å². The Labute approximate surface area is 146 Å². The second-order valence-electron chi connectivity index (χ2n) is 5.06. The van der Waals surface area contributed by atoms with Crippen LogP contribution >= 0.6 is 34.2 Å². The second-order valence-corrected chi connectivity index (χ2v) is 9.10. The van der Waals surface area contributed by atoms with Crippen molar-refractivity contribution in [1.82, 2.24) is 5.32 Å². The molecular formula is C15H23ClINO2S. The zero-order valence-electron chi connectivity index (χ0n) is 12.5. The SMILES string of the molecule is CCCNC(CCCS(=O)(=O)CC)c1ccc(I)c(Cl)c1. The van der Waals surface area contributed by atoms with Crippen LogP contribution in [0.25, 0.3) is 0 Å². The van der Waals surface area contributed by atoms with Gasteiger partial charge >= 0.3 is 0 Å². The molecule has 0 bridgehead atoms. The molecule has 21 heavy (non-hydrogen) atoms. The van der Waals surface area contributed by atoms with Crippen molar-refractivity contribution in [3.05, 3.63) is 32.4 Å². The zero-order chi connectivity index (χ0) is 15.9. The summed E-state index contributed by atoms with van der Waals surface area (Å²) in [7, 11) is -2.89. The molecular weight excluding hydrogens is 421 g/mol. The van der Waals surface area contributed by atoms with E-state index in [2.05, 4.69) is 40.9 Å². The van der Waals surface area contributed by atoms with Crippen LogP contribution in [0.5, 0.6) is 0 Å². The smallest absolute Gasteiger partial charge is 0.150 e. The Hall–Kier alpha value is 0.150. The molecule has 1 aromatic rings. The number of rotatable bonds is 9. The van der Waals surface area contributed by atoms with Gasteiger partial charge in [0.05, 0.1) is 10.8 Å². The molecule has 0 heterocycles. The van der Waals surface area contributed by atoms with Gasteiger partial charge in [-0.05, 0) is 66.1 Å². The molecule has 0 spiro atoms. The van der Waals surface area contributed by atoms with E-state index in [1.165, 1.54) is 0 Å². The van der Waals surface area contributed by atoms with Crippen molar-refractivity contribution in [3.8, 4) is 0 Å². The first-order valence-corrected chi connectivity index (χ1v) is 10.6. The van der Waals surface area contributed by atoms with Crippen LogP contribution in [0.4, 0.5) is 0 Å². The summed E-state index contributed by atoms with van der Waals surface area (Å²) in [4.78, 5) is 0. The number of benzene rings is 1. The fourth-order valence-corrected chi connectivity index (χ4v) is 3.51. The predicted molar refractivity (Wildman–Crippen MR) is 98.8 cm³/mol. The molecule has 0 fully saturated rings.